The molecule has 1 aliphatic carbocycles. The van der Waals surface area contributed by atoms with Crippen LogP contribution in [0.25, 0.3) is 11.0 Å². The second-order valence-corrected chi connectivity index (χ2v) is 11.1. The smallest absolute Gasteiger partial charge is 0.277 e. The van der Waals surface area contributed by atoms with Gasteiger partial charge in [0.2, 0.25) is 0 Å². The number of fused-ring (bicyclic) bond motifs is 1. The third kappa shape index (κ3) is 6.31. The number of amides is 1. The van der Waals surface area contributed by atoms with Crippen molar-refractivity contribution >= 4 is 44.2 Å². The molecule has 2 heterocycles. The number of nitrogens with zero attached hydrogens (tertiary/aromatic N) is 4. The van der Waals surface area contributed by atoms with Crippen LogP contribution >= 0.6 is 15.9 Å². The standard InChI is InChI=1S/C27H34BrFN6O2/c1-18-14-20(28)6-7-22(18)31-25-21(27(36)32-37-16-19-4-5-19)15-23-26(24(25)29)30-17-35(23)9-3-8-34-12-10-33(2)11-13-34/h6-7,14-15,17,19,31H,3-5,8-13,16H2,1-2H3,(H,32,36). The number of aromatic nitrogens is 2. The molecule has 1 saturated carbocycles. The quantitative estimate of drug-likeness (QED) is 0.343. The van der Waals surface area contributed by atoms with Gasteiger partial charge in [0.05, 0.1) is 29.7 Å². The molecule has 2 aromatic carbocycles. The van der Waals surface area contributed by atoms with Crippen LogP contribution < -0.4 is 10.8 Å². The Balaban J connectivity index is 1.40. The van der Waals surface area contributed by atoms with Crippen molar-refractivity contribution in [2.24, 2.45) is 5.92 Å². The Labute approximate surface area is 225 Å². The zero-order valence-corrected chi connectivity index (χ0v) is 23.0. The number of anilines is 2. The average molecular weight is 574 g/mol. The Bertz CT molecular complexity index is 1270. The molecule has 0 bridgehead atoms. The molecule has 5 rings (SSSR count). The van der Waals surface area contributed by atoms with Crippen molar-refractivity contribution in [2.75, 3.05) is 51.7 Å². The van der Waals surface area contributed by atoms with Crippen LogP contribution in [0.15, 0.2) is 35.1 Å². The number of piperazine rings is 1. The van der Waals surface area contributed by atoms with Crippen molar-refractivity contribution in [3.63, 3.8) is 0 Å². The lowest BCUT2D eigenvalue weighted by atomic mass is 10.1. The summed E-state index contributed by atoms with van der Waals surface area (Å²) in [6.07, 6.45) is 4.80. The lowest BCUT2D eigenvalue weighted by Gasteiger charge is -2.32. The van der Waals surface area contributed by atoms with Crippen LogP contribution in [0.5, 0.6) is 0 Å². The second kappa shape index (κ2) is 11.5. The summed E-state index contributed by atoms with van der Waals surface area (Å²) >= 11 is 3.46. The van der Waals surface area contributed by atoms with Crippen molar-refractivity contribution in [1.82, 2.24) is 24.8 Å². The molecule has 37 heavy (non-hydrogen) atoms. The molecule has 1 saturated heterocycles. The Kier molecular flexibility index (Phi) is 8.09. The number of likely N-dealkylation sites (N-methyl/N-ethyl adjacent to an activating group) is 1. The molecule has 1 aromatic heterocycles. The van der Waals surface area contributed by atoms with E-state index >= 15 is 4.39 Å². The summed E-state index contributed by atoms with van der Waals surface area (Å²) in [5.41, 5.74) is 5.26. The predicted molar refractivity (Wildman–Crippen MR) is 147 cm³/mol. The Morgan fingerprint density at radius 3 is 2.70 bits per heavy atom. The van der Waals surface area contributed by atoms with Gasteiger partial charge in [-0.2, -0.15) is 0 Å². The number of hydroxylamine groups is 1. The maximum Gasteiger partial charge on any atom is 0.277 e. The number of aryl methyl sites for hydroxylation is 2. The summed E-state index contributed by atoms with van der Waals surface area (Å²) in [4.78, 5) is 27.8. The first-order valence-corrected chi connectivity index (χ1v) is 13.7. The molecule has 0 radical (unpaired) electrons. The highest BCUT2D eigenvalue weighted by Crippen LogP contribution is 2.33. The van der Waals surface area contributed by atoms with Crippen LogP contribution in [0.1, 0.15) is 35.2 Å². The van der Waals surface area contributed by atoms with E-state index in [1.807, 2.05) is 29.7 Å². The maximum atomic E-state index is 15.9. The van der Waals surface area contributed by atoms with Crippen LogP contribution in [0.4, 0.5) is 15.8 Å². The fraction of sp³-hybridized carbons (Fsp3) is 0.481. The lowest BCUT2D eigenvalue weighted by molar-refractivity contribution is 0.0271. The van der Waals surface area contributed by atoms with E-state index in [4.69, 9.17) is 4.84 Å². The molecule has 1 amide bonds. The minimum atomic E-state index is -0.551. The average Bonchev–Trinajstić information content (AvgIpc) is 3.61. The molecule has 10 heteroatoms. The molecule has 2 aliphatic rings. The number of carbonyl (C=O) groups excluding carboxylic acids is 1. The van der Waals surface area contributed by atoms with Gasteiger partial charge >= 0.3 is 0 Å². The van der Waals surface area contributed by atoms with Crippen LogP contribution in [-0.2, 0) is 11.4 Å². The zero-order chi connectivity index (χ0) is 25.9. The summed E-state index contributed by atoms with van der Waals surface area (Å²) in [5.74, 6) is -0.543. The first kappa shape index (κ1) is 26.1. The monoisotopic (exact) mass is 572 g/mol. The van der Waals surface area contributed by atoms with Crippen LogP contribution in [0.3, 0.4) is 0 Å². The fourth-order valence-electron chi connectivity index (χ4n) is 4.64. The van der Waals surface area contributed by atoms with E-state index in [1.54, 1.807) is 12.4 Å². The van der Waals surface area contributed by atoms with E-state index < -0.39 is 11.7 Å². The lowest BCUT2D eigenvalue weighted by Crippen LogP contribution is -2.44. The minimum Gasteiger partial charge on any atom is -0.352 e. The second-order valence-electron chi connectivity index (χ2n) is 10.2. The zero-order valence-electron chi connectivity index (χ0n) is 21.4. The highest BCUT2D eigenvalue weighted by atomic mass is 79.9. The molecule has 198 valence electrons. The van der Waals surface area contributed by atoms with Gasteiger partial charge in [-0.25, -0.2) is 14.9 Å². The van der Waals surface area contributed by atoms with E-state index in [0.29, 0.717) is 30.3 Å². The highest BCUT2D eigenvalue weighted by molar-refractivity contribution is 9.10. The molecular formula is C27H34BrFN6O2. The van der Waals surface area contributed by atoms with E-state index in [-0.39, 0.29) is 16.8 Å². The number of benzene rings is 2. The van der Waals surface area contributed by atoms with E-state index in [1.165, 1.54) is 0 Å². The fourth-order valence-corrected chi connectivity index (χ4v) is 5.12. The van der Waals surface area contributed by atoms with E-state index in [9.17, 15) is 4.79 Å². The molecule has 0 spiro atoms. The molecular weight excluding hydrogens is 539 g/mol. The third-order valence-corrected chi connectivity index (χ3v) is 7.69. The van der Waals surface area contributed by atoms with E-state index in [0.717, 1.165) is 62.0 Å². The molecule has 2 fully saturated rings. The van der Waals surface area contributed by atoms with Crippen molar-refractivity contribution in [2.45, 2.75) is 32.7 Å². The number of hydrogen-bond acceptors (Lipinski definition) is 6. The molecule has 2 N–H and O–H groups in total. The number of carbonyl (C=O) groups is 1. The Hall–Kier alpha value is -2.53. The summed E-state index contributed by atoms with van der Waals surface area (Å²) in [6.45, 7) is 8.34. The minimum absolute atomic E-state index is 0.0909. The normalized spacial score (nSPS) is 16.9. The number of nitrogens with one attached hydrogen (secondary N) is 2. The number of hydrogen-bond donors (Lipinski definition) is 2. The van der Waals surface area contributed by atoms with Crippen LogP contribution in [0.2, 0.25) is 0 Å². The maximum absolute atomic E-state index is 15.9. The van der Waals surface area contributed by atoms with Crippen LogP contribution in [0, 0.1) is 18.7 Å². The Morgan fingerprint density at radius 1 is 1.19 bits per heavy atom. The van der Waals surface area contributed by atoms with Gasteiger partial charge in [-0.1, -0.05) is 15.9 Å². The highest BCUT2D eigenvalue weighted by Gasteiger charge is 2.25. The topological polar surface area (TPSA) is 74.7 Å². The SMILES string of the molecule is Cc1cc(Br)ccc1Nc1c(C(=O)NOCC2CC2)cc2c(ncn2CCCN2CCN(C)CC2)c1F. The third-order valence-electron chi connectivity index (χ3n) is 7.20. The van der Waals surface area contributed by atoms with Crippen molar-refractivity contribution in [1.29, 1.82) is 0 Å². The first-order valence-electron chi connectivity index (χ1n) is 12.9. The Morgan fingerprint density at radius 2 is 1.97 bits per heavy atom. The van der Waals surface area contributed by atoms with Gasteiger partial charge in [-0.15, -0.1) is 0 Å². The molecule has 3 aromatic rings. The van der Waals surface area contributed by atoms with Gasteiger partial charge < -0.3 is 19.7 Å². The summed E-state index contributed by atoms with van der Waals surface area (Å²) < 4.78 is 18.8. The van der Waals surface area contributed by atoms with Crippen molar-refractivity contribution in [3.05, 3.63) is 52.0 Å². The summed E-state index contributed by atoms with van der Waals surface area (Å²) in [6, 6.07) is 7.38. The molecule has 1 aliphatic heterocycles. The largest absolute Gasteiger partial charge is 0.352 e. The number of halogens is 2. The first-order chi connectivity index (χ1) is 17.9. The van der Waals surface area contributed by atoms with Gasteiger partial charge in [-0.05, 0) is 75.5 Å². The van der Waals surface area contributed by atoms with Crippen molar-refractivity contribution in [3.8, 4) is 0 Å². The van der Waals surface area contributed by atoms with Crippen molar-refractivity contribution < 1.29 is 14.0 Å². The van der Waals surface area contributed by atoms with Gasteiger partial charge in [-0.3, -0.25) is 9.63 Å². The van der Waals surface area contributed by atoms with Gasteiger partial charge in [0, 0.05) is 42.9 Å². The molecule has 0 atom stereocenters. The number of rotatable bonds is 10. The van der Waals surface area contributed by atoms with Crippen LogP contribution in [-0.4, -0.2) is 71.6 Å². The van der Waals surface area contributed by atoms with Gasteiger partial charge in [0.25, 0.3) is 5.91 Å². The van der Waals surface area contributed by atoms with Gasteiger partial charge in [0.1, 0.15) is 5.52 Å². The molecule has 8 nitrogen and oxygen atoms in total. The van der Waals surface area contributed by atoms with E-state index in [2.05, 4.69) is 48.6 Å². The summed E-state index contributed by atoms with van der Waals surface area (Å²) in [7, 11) is 2.15. The summed E-state index contributed by atoms with van der Waals surface area (Å²) in [5, 5.41) is 3.15. The number of imidazole rings is 1. The predicted octanol–water partition coefficient (Wildman–Crippen LogP) is 4.70. The molecule has 0 unspecified atom stereocenters. The van der Waals surface area contributed by atoms with Gasteiger partial charge in [0.15, 0.2) is 5.82 Å².